The van der Waals surface area contributed by atoms with Crippen LogP contribution in [0.15, 0.2) is 71.3 Å². The van der Waals surface area contributed by atoms with Gasteiger partial charge in [-0.2, -0.15) is 5.26 Å². The molecule has 0 aliphatic carbocycles. The van der Waals surface area contributed by atoms with Crippen LogP contribution in [-0.4, -0.2) is 29.2 Å². The summed E-state index contributed by atoms with van der Waals surface area (Å²) in [5.74, 6) is -2.90. The lowest BCUT2D eigenvalue weighted by Crippen LogP contribution is -2.46. The lowest BCUT2D eigenvalue weighted by atomic mass is 9.97. The second-order valence-corrected chi connectivity index (χ2v) is 6.72. The zero-order valence-corrected chi connectivity index (χ0v) is 17.0. The smallest absolute Gasteiger partial charge is 0.305 e. The number of hydrogen-bond acceptors (Lipinski definition) is 7. The molecule has 0 unspecified atom stereocenters. The van der Waals surface area contributed by atoms with E-state index in [-0.39, 0.29) is 23.6 Å². The second-order valence-electron chi connectivity index (χ2n) is 6.72. The van der Waals surface area contributed by atoms with Crippen molar-refractivity contribution in [3.05, 3.63) is 99.5 Å². The van der Waals surface area contributed by atoms with Crippen molar-refractivity contribution >= 4 is 23.4 Å². The van der Waals surface area contributed by atoms with Gasteiger partial charge in [-0.25, -0.2) is 0 Å². The fourth-order valence-corrected chi connectivity index (χ4v) is 2.89. The number of nitrogens with one attached hydrogen (secondary N) is 3. The molecule has 1 aromatic heterocycles. The predicted molar refractivity (Wildman–Crippen MR) is 114 cm³/mol. The first-order valence-electron chi connectivity index (χ1n) is 9.55. The fourth-order valence-electron chi connectivity index (χ4n) is 2.89. The van der Waals surface area contributed by atoms with Crippen molar-refractivity contribution in [2.24, 2.45) is 0 Å². The van der Waals surface area contributed by atoms with Gasteiger partial charge in [-0.15, -0.1) is 0 Å². The van der Waals surface area contributed by atoms with Crippen molar-refractivity contribution in [1.29, 1.82) is 5.26 Å². The third kappa shape index (κ3) is 5.80. The number of hydrogen-bond donors (Lipinski definition) is 3. The molecule has 1 atom stereocenters. The summed E-state index contributed by atoms with van der Waals surface area (Å²) in [7, 11) is 0. The van der Waals surface area contributed by atoms with E-state index in [0.29, 0.717) is 11.1 Å². The van der Waals surface area contributed by atoms with E-state index in [9.17, 15) is 24.5 Å². The maximum atomic E-state index is 12.8. The van der Waals surface area contributed by atoms with Crippen molar-refractivity contribution in [1.82, 2.24) is 16.2 Å². The Bertz CT molecular complexity index is 1210. The van der Waals surface area contributed by atoms with Gasteiger partial charge < -0.3 is 9.73 Å². The molecule has 0 aliphatic rings. The Morgan fingerprint density at radius 2 is 1.79 bits per heavy atom. The number of non-ortho nitro benzene ring substituents is 1. The number of nitro groups is 1. The molecular formula is C22H17N5O6. The highest BCUT2D eigenvalue weighted by atomic mass is 16.6. The maximum Gasteiger partial charge on any atom is 0.305 e. The van der Waals surface area contributed by atoms with Crippen LogP contribution >= 0.6 is 0 Å². The quantitative estimate of drug-likeness (QED) is 0.368. The van der Waals surface area contributed by atoms with E-state index in [1.54, 1.807) is 12.1 Å². The molecule has 166 valence electrons. The van der Waals surface area contributed by atoms with Crippen molar-refractivity contribution in [2.45, 2.75) is 5.92 Å². The Hall–Kier alpha value is -4.98. The van der Waals surface area contributed by atoms with Gasteiger partial charge in [0.25, 0.3) is 11.6 Å². The van der Waals surface area contributed by atoms with E-state index < -0.39 is 28.6 Å². The first-order chi connectivity index (χ1) is 15.9. The first kappa shape index (κ1) is 22.7. The third-order valence-electron chi connectivity index (χ3n) is 4.59. The normalized spacial score (nSPS) is 11.0. The van der Waals surface area contributed by atoms with Crippen LogP contribution in [0, 0.1) is 21.4 Å². The first-order valence-corrected chi connectivity index (χ1v) is 9.55. The van der Waals surface area contributed by atoms with Gasteiger partial charge in [0.2, 0.25) is 5.91 Å². The number of carbonyl (C=O) groups excluding carboxylic acids is 3. The number of nitrogens with zero attached hydrogens (tertiary/aromatic N) is 2. The van der Waals surface area contributed by atoms with E-state index in [4.69, 9.17) is 9.68 Å². The minimum absolute atomic E-state index is 0.0205. The van der Waals surface area contributed by atoms with Crippen molar-refractivity contribution in [3.8, 4) is 6.07 Å². The summed E-state index contributed by atoms with van der Waals surface area (Å²) in [5, 5.41) is 22.5. The van der Waals surface area contributed by atoms with Crippen molar-refractivity contribution in [2.75, 3.05) is 6.54 Å². The molecule has 3 aromatic rings. The molecule has 3 amide bonds. The summed E-state index contributed by atoms with van der Waals surface area (Å²) in [6, 6.07) is 16.1. The molecule has 33 heavy (non-hydrogen) atoms. The summed E-state index contributed by atoms with van der Waals surface area (Å²) in [4.78, 5) is 47.7. The average molecular weight is 447 g/mol. The maximum absolute atomic E-state index is 12.8. The number of rotatable bonds is 7. The monoisotopic (exact) mass is 447 g/mol. The van der Waals surface area contributed by atoms with Gasteiger partial charge in [0.05, 0.1) is 28.7 Å². The number of hydrazine groups is 1. The minimum Gasteiger partial charge on any atom is -0.459 e. The van der Waals surface area contributed by atoms with Crippen LogP contribution < -0.4 is 16.2 Å². The van der Waals surface area contributed by atoms with Crippen LogP contribution in [-0.2, 0) is 4.79 Å². The van der Waals surface area contributed by atoms with E-state index in [1.807, 2.05) is 6.07 Å². The van der Waals surface area contributed by atoms with Crippen molar-refractivity contribution < 1.29 is 23.7 Å². The summed E-state index contributed by atoms with van der Waals surface area (Å²) in [5.41, 5.74) is 5.20. The van der Waals surface area contributed by atoms with Crippen LogP contribution in [0.2, 0.25) is 0 Å². The van der Waals surface area contributed by atoms with Crippen molar-refractivity contribution in [3.63, 3.8) is 0 Å². The van der Waals surface area contributed by atoms with Crippen LogP contribution in [0.3, 0.4) is 0 Å². The molecule has 3 N–H and O–H groups in total. The Morgan fingerprint density at radius 3 is 2.42 bits per heavy atom. The van der Waals surface area contributed by atoms with Crippen LogP contribution in [0.4, 0.5) is 5.69 Å². The molecule has 1 heterocycles. The van der Waals surface area contributed by atoms with Gasteiger partial charge in [0.1, 0.15) is 0 Å². The Labute approximate surface area is 187 Å². The highest BCUT2D eigenvalue weighted by Gasteiger charge is 2.24. The molecule has 2 aromatic carbocycles. The van der Waals surface area contributed by atoms with E-state index >= 15 is 0 Å². The molecule has 0 saturated heterocycles. The fraction of sp³-hybridized carbons (Fsp3) is 0.0909. The van der Waals surface area contributed by atoms with Gasteiger partial charge in [0.15, 0.2) is 5.76 Å². The molecule has 3 rings (SSSR count). The van der Waals surface area contributed by atoms with Crippen LogP contribution in [0.1, 0.15) is 38.0 Å². The highest BCUT2D eigenvalue weighted by Crippen LogP contribution is 2.20. The molecular weight excluding hydrogens is 430 g/mol. The van der Waals surface area contributed by atoms with Crippen LogP contribution in [0.5, 0.6) is 0 Å². The molecule has 11 heteroatoms. The molecule has 11 nitrogen and oxygen atoms in total. The molecule has 0 radical (unpaired) electrons. The molecule has 0 aliphatic heterocycles. The lowest BCUT2D eigenvalue weighted by Gasteiger charge is -2.18. The number of nitriles is 1. The molecule has 0 fully saturated rings. The molecule has 0 saturated carbocycles. The van der Waals surface area contributed by atoms with E-state index in [0.717, 1.165) is 0 Å². The van der Waals surface area contributed by atoms with Gasteiger partial charge in [0, 0.05) is 24.2 Å². The summed E-state index contributed by atoms with van der Waals surface area (Å²) >= 11 is 0. The lowest BCUT2D eigenvalue weighted by molar-refractivity contribution is -0.384. The van der Waals surface area contributed by atoms with Gasteiger partial charge in [-0.1, -0.05) is 18.2 Å². The standard InChI is InChI=1S/C22H17N5O6/c23-12-14-3-1-4-16(11-14)20(28)24-13-18(15-6-8-17(9-7-15)27(31)32)21(29)25-26-22(30)19-5-2-10-33-19/h1-11,18H,13H2,(H,24,28)(H,25,29)(H,26,30)/t18-/m0/s1. The minimum atomic E-state index is -0.995. The van der Waals surface area contributed by atoms with Gasteiger partial charge in [-0.05, 0) is 35.9 Å². The predicted octanol–water partition coefficient (Wildman–Crippen LogP) is 2.03. The molecule has 0 bridgehead atoms. The van der Waals surface area contributed by atoms with E-state index in [2.05, 4.69) is 16.2 Å². The third-order valence-corrected chi connectivity index (χ3v) is 4.59. The topological polar surface area (TPSA) is 167 Å². The Balaban J connectivity index is 1.75. The number of amides is 3. The largest absolute Gasteiger partial charge is 0.459 e. The second kappa shape index (κ2) is 10.4. The Morgan fingerprint density at radius 1 is 1.03 bits per heavy atom. The zero-order valence-electron chi connectivity index (χ0n) is 17.0. The molecule has 0 spiro atoms. The number of furan rings is 1. The highest BCUT2D eigenvalue weighted by molar-refractivity contribution is 5.96. The SMILES string of the molecule is N#Cc1cccc(C(=O)NC[C@H](C(=O)NNC(=O)c2ccco2)c2ccc([N+](=O)[O-])cc2)c1. The zero-order chi connectivity index (χ0) is 23.8. The van der Waals surface area contributed by atoms with Gasteiger partial charge in [-0.3, -0.25) is 35.3 Å². The number of nitro benzene ring substituents is 1. The summed E-state index contributed by atoms with van der Waals surface area (Å²) in [6.07, 6.45) is 1.30. The Kier molecular flexibility index (Phi) is 7.13. The summed E-state index contributed by atoms with van der Waals surface area (Å²) < 4.78 is 4.95. The summed E-state index contributed by atoms with van der Waals surface area (Å²) in [6.45, 7) is -0.185. The van der Waals surface area contributed by atoms with E-state index in [1.165, 1.54) is 54.8 Å². The average Bonchev–Trinajstić information content (AvgIpc) is 3.38. The number of benzene rings is 2. The van der Waals surface area contributed by atoms with Gasteiger partial charge >= 0.3 is 5.91 Å². The number of carbonyl (C=O) groups is 3. The van der Waals surface area contributed by atoms with Crippen LogP contribution in [0.25, 0.3) is 0 Å².